The fourth-order valence-electron chi connectivity index (χ4n) is 3.13. The molecule has 1 fully saturated rings. The van der Waals surface area contributed by atoms with E-state index in [1.54, 1.807) is 16.4 Å². The molecule has 0 N–H and O–H groups in total. The Bertz CT molecular complexity index is 884. The number of aryl methyl sites for hydroxylation is 4. The number of aromatic nitrogens is 2. The SMILES string of the molecule is Cc1cc(OC2CCN(S(=O)(=O)c3ccc(C)c(C)c3)CC2)nc(C)n1. The van der Waals surface area contributed by atoms with E-state index in [1.165, 1.54) is 0 Å². The highest BCUT2D eigenvalue weighted by molar-refractivity contribution is 7.89. The molecule has 0 aliphatic carbocycles. The Labute approximate surface area is 155 Å². The summed E-state index contributed by atoms with van der Waals surface area (Å²) in [6, 6.07) is 7.11. The molecule has 0 amide bonds. The second kappa shape index (κ2) is 7.32. The van der Waals surface area contributed by atoms with Crippen molar-refractivity contribution in [1.29, 1.82) is 0 Å². The van der Waals surface area contributed by atoms with Gasteiger partial charge in [-0.1, -0.05) is 6.07 Å². The Morgan fingerprint density at radius 2 is 1.69 bits per heavy atom. The van der Waals surface area contributed by atoms with E-state index >= 15 is 0 Å². The molecule has 0 saturated carbocycles. The van der Waals surface area contributed by atoms with Gasteiger partial charge in [0.25, 0.3) is 0 Å². The largest absolute Gasteiger partial charge is 0.474 e. The Balaban J connectivity index is 1.66. The van der Waals surface area contributed by atoms with Crippen LogP contribution < -0.4 is 4.74 Å². The molecule has 1 saturated heterocycles. The molecule has 0 unspecified atom stereocenters. The molecule has 7 heteroatoms. The van der Waals surface area contributed by atoms with Crippen LogP contribution in [0.5, 0.6) is 5.88 Å². The molecule has 0 atom stereocenters. The highest BCUT2D eigenvalue weighted by atomic mass is 32.2. The lowest BCUT2D eigenvalue weighted by molar-refractivity contribution is 0.129. The van der Waals surface area contributed by atoms with Crippen molar-refractivity contribution in [2.45, 2.75) is 51.5 Å². The van der Waals surface area contributed by atoms with Gasteiger partial charge in [-0.25, -0.2) is 13.4 Å². The fraction of sp³-hybridized carbons (Fsp3) is 0.474. The zero-order chi connectivity index (χ0) is 18.9. The average molecular weight is 375 g/mol. The average Bonchev–Trinajstić information content (AvgIpc) is 2.57. The summed E-state index contributed by atoms with van der Waals surface area (Å²) in [5.41, 5.74) is 2.94. The van der Waals surface area contributed by atoms with Crippen LogP contribution in [0.1, 0.15) is 35.5 Å². The molecule has 1 aromatic heterocycles. The van der Waals surface area contributed by atoms with Gasteiger partial charge in [-0.3, -0.25) is 0 Å². The summed E-state index contributed by atoms with van der Waals surface area (Å²) in [4.78, 5) is 8.90. The van der Waals surface area contributed by atoms with Crippen LogP contribution in [0.15, 0.2) is 29.2 Å². The van der Waals surface area contributed by atoms with E-state index in [-0.39, 0.29) is 6.10 Å². The zero-order valence-corrected chi connectivity index (χ0v) is 16.5. The third-order valence-electron chi connectivity index (χ3n) is 4.75. The minimum Gasteiger partial charge on any atom is -0.474 e. The molecule has 1 aliphatic rings. The summed E-state index contributed by atoms with van der Waals surface area (Å²) < 4.78 is 33.2. The van der Waals surface area contributed by atoms with Crippen molar-refractivity contribution >= 4 is 10.0 Å². The van der Waals surface area contributed by atoms with Gasteiger partial charge in [0.05, 0.1) is 4.90 Å². The molecule has 2 heterocycles. The van der Waals surface area contributed by atoms with Crippen LogP contribution in [0.2, 0.25) is 0 Å². The molecule has 0 radical (unpaired) electrons. The van der Waals surface area contributed by atoms with Crippen LogP contribution in [-0.2, 0) is 10.0 Å². The van der Waals surface area contributed by atoms with Crippen LogP contribution in [0.4, 0.5) is 0 Å². The molecular weight excluding hydrogens is 350 g/mol. The van der Waals surface area contributed by atoms with Crippen LogP contribution in [-0.4, -0.2) is 41.9 Å². The van der Waals surface area contributed by atoms with Crippen molar-refractivity contribution < 1.29 is 13.2 Å². The van der Waals surface area contributed by atoms with E-state index in [0.29, 0.717) is 42.5 Å². The molecule has 1 aromatic carbocycles. The fourth-order valence-corrected chi connectivity index (χ4v) is 4.68. The Morgan fingerprint density at radius 1 is 1.00 bits per heavy atom. The summed E-state index contributed by atoms with van der Waals surface area (Å²) in [5, 5.41) is 0. The van der Waals surface area contributed by atoms with Crippen molar-refractivity contribution in [3.05, 3.63) is 46.9 Å². The number of benzene rings is 1. The predicted molar refractivity (Wildman–Crippen MR) is 99.8 cm³/mol. The number of nitrogens with zero attached hydrogens (tertiary/aromatic N) is 3. The molecular formula is C19H25N3O3S. The van der Waals surface area contributed by atoms with E-state index in [1.807, 2.05) is 39.8 Å². The summed E-state index contributed by atoms with van der Waals surface area (Å²) in [6.45, 7) is 8.54. The van der Waals surface area contributed by atoms with Crippen LogP contribution in [0.25, 0.3) is 0 Å². The first-order chi connectivity index (χ1) is 12.3. The third kappa shape index (κ3) is 4.04. The minimum absolute atomic E-state index is 0.0325. The number of hydrogen-bond acceptors (Lipinski definition) is 5. The lowest BCUT2D eigenvalue weighted by Gasteiger charge is -2.31. The maximum absolute atomic E-state index is 12.9. The Morgan fingerprint density at radius 3 is 2.31 bits per heavy atom. The van der Waals surface area contributed by atoms with E-state index in [9.17, 15) is 8.42 Å². The minimum atomic E-state index is -3.46. The smallest absolute Gasteiger partial charge is 0.243 e. The number of ether oxygens (including phenoxy) is 1. The van der Waals surface area contributed by atoms with Crippen molar-refractivity contribution in [3.8, 4) is 5.88 Å². The summed E-state index contributed by atoms with van der Waals surface area (Å²) in [6.07, 6.45) is 1.26. The molecule has 0 bridgehead atoms. The normalized spacial score (nSPS) is 16.6. The van der Waals surface area contributed by atoms with Crippen molar-refractivity contribution in [3.63, 3.8) is 0 Å². The highest BCUT2D eigenvalue weighted by Crippen LogP contribution is 2.24. The predicted octanol–water partition coefficient (Wildman–Crippen LogP) is 2.94. The van der Waals surface area contributed by atoms with Gasteiger partial charge in [-0.2, -0.15) is 9.29 Å². The van der Waals surface area contributed by atoms with Gasteiger partial charge in [0.15, 0.2) is 0 Å². The third-order valence-corrected chi connectivity index (χ3v) is 6.64. The van der Waals surface area contributed by atoms with Crippen LogP contribution in [0, 0.1) is 27.7 Å². The molecule has 1 aliphatic heterocycles. The standard InChI is InChI=1S/C19H25N3O3S/c1-13-5-6-18(11-14(13)2)26(23,24)22-9-7-17(8-10-22)25-19-12-15(3)20-16(4)21-19/h5-6,11-12,17H,7-10H2,1-4H3. The first-order valence-corrected chi connectivity index (χ1v) is 10.3. The van der Waals surface area contributed by atoms with Crippen molar-refractivity contribution in [2.75, 3.05) is 13.1 Å². The van der Waals surface area contributed by atoms with E-state index in [4.69, 9.17) is 4.74 Å². The number of sulfonamides is 1. The van der Waals surface area contributed by atoms with Crippen molar-refractivity contribution in [2.24, 2.45) is 0 Å². The molecule has 26 heavy (non-hydrogen) atoms. The quantitative estimate of drug-likeness (QED) is 0.821. The molecule has 3 rings (SSSR count). The van der Waals surface area contributed by atoms with Gasteiger partial charge in [-0.05, 0) is 63.8 Å². The van der Waals surface area contributed by atoms with Gasteiger partial charge in [-0.15, -0.1) is 0 Å². The van der Waals surface area contributed by atoms with E-state index in [2.05, 4.69) is 9.97 Å². The monoisotopic (exact) mass is 375 g/mol. The summed E-state index contributed by atoms with van der Waals surface area (Å²) in [7, 11) is -3.46. The van der Waals surface area contributed by atoms with Crippen LogP contribution >= 0.6 is 0 Å². The van der Waals surface area contributed by atoms with Gasteiger partial charge in [0, 0.05) is 24.8 Å². The van der Waals surface area contributed by atoms with Gasteiger partial charge < -0.3 is 4.74 Å². The van der Waals surface area contributed by atoms with Crippen LogP contribution in [0.3, 0.4) is 0 Å². The second-order valence-corrected chi connectivity index (χ2v) is 8.80. The number of hydrogen-bond donors (Lipinski definition) is 0. The Hall–Kier alpha value is -1.99. The number of rotatable bonds is 4. The van der Waals surface area contributed by atoms with E-state index in [0.717, 1.165) is 16.8 Å². The first-order valence-electron chi connectivity index (χ1n) is 8.82. The maximum Gasteiger partial charge on any atom is 0.243 e. The zero-order valence-electron chi connectivity index (χ0n) is 15.7. The highest BCUT2D eigenvalue weighted by Gasteiger charge is 2.30. The van der Waals surface area contributed by atoms with Gasteiger partial charge in [0.1, 0.15) is 11.9 Å². The van der Waals surface area contributed by atoms with Crippen molar-refractivity contribution in [1.82, 2.24) is 14.3 Å². The molecule has 6 nitrogen and oxygen atoms in total. The maximum atomic E-state index is 12.9. The first kappa shape index (κ1) is 18.8. The second-order valence-electron chi connectivity index (χ2n) is 6.86. The summed E-state index contributed by atoms with van der Waals surface area (Å²) >= 11 is 0. The molecule has 0 spiro atoms. The summed E-state index contributed by atoms with van der Waals surface area (Å²) in [5.74, 6) is 1.24. The Kier molecular flexibility index (Phi) is 5.29. The molecule has 2 aromatic rings. The molecule has 140 valence electrons. The van der Waals surface area contributed by atoms with Gasteiger partial charge >= 0.3 is 0 Å². The van der Waals surface area contributed by atoms with Gasteiger partial charge in [0.2, 0.25) is 15.9 Å². The van der Waals surface area contributed by atoms with E-state index < -0.39 is 10.0 Å². The number of piperidine rings is 1. The lowest BCUT2D eigenvalue weighted by Crippen LogP contribution is -2.41. The topological polar surface area (TPSA) is 72.4 Å². The lowest BCUT2D eigenvalue weighted by atomic mass is 10.1.